The fraction of sp³-hybridized carbons (Fsp3) is 1.00. The molecule has 1 N–H and O–H groups in total. The molecule has 2 heteroatoms. The Morgan fingerprint density at radius 2 is 1.86 bits per heavy atom. The second kappa shape index (κ2) is 4.19. The van der Waals surface area contributed by atoms with E-state index in [4.69, 9.17) is 0 Å². The van der Waals surface area contributed by atoms with Crippen LogP contribution in [0.4, 0.5) is 0 Å². The molecule has 14 heavy (non-hydrogen) atoms. The Hall–Kier alpha value is -0.0800. The molecule has 0 spiro atoms. The molecule has 0 unspecified atom stereocenters. The highest BCUT2D eigenvalue weighted by molar-refractivity contribution is 4.89. The normalized spacial score (nSPS) is 26.8. The van der Waals surface area contributed by atoms with E-state index in [9.17, 15) is 5.11 Å². The van der Waals surface area contributed by atoms with Gasteiger partial charge in [-0.2, -0.15) is 0 Å². The number of aliphatic hydroxyl groups excluding tert-OH is 1. The maximum absolute atomic E-state index is 9.51. The molecule has 0 aromatic rings. The van der Waals surface area contributed by atoms with Crippen molar-refractivity contribution in [2.45, 2.75) is 51.0 Å². The minimum atomic E-state index is 0.254. The van der Waals surface area contributed by atoms with Crippen LogP contribution in [0.3, 0.4) is 0 Å². The van der Waals surface area contributed by atoms with Gasteiger partial charge in [-0.05, 0) is 32.7 Å². The molecule has 0 atom stereocenters. The first kappa shape index (κ1) is 10.4. The third kappa shape index (κ3) is 1.96. The molecule has 0 amide bonds. The molecule has 2 aliphatic rings. The third-order valence-electron chi connectivity index (χ3n) is 4.28. The number of rotatable bonds is 4. The highest BCUT2D eigenvalue weighted by atomic mass is 16.3. The summed E-state index contributed by atoms with van der Waals surface area (Å²) in [5.74, 6) is 0. The standard InChI is InChI=1S/C12H23NO/c1-13(11-5-4-6-11)9-12(10-14)7-2-3-8-12/h11,14H,2-10H2,1H3. The van der Waals surface area contributed by atoms with Gasteiger partial charge in [0.2, 0.25) is 0 Å². The maximum Gasteiger partial charge on any atom is 0.0499 e. The van der Waals surface area contributed by atoms with Crippen LogP contribution in [-0.2, 0) is 0 Å². The lowest BCUT2D eigenvalue weighted by atomic mass is 9.84. The molecule has 0 aromatic carbocycles. The van der Waals surface area contributed by atoms with Crippen LogP contribution in [0.25, 0.3) is 0 Å². The van der Waals surface area contributed by atoms with Crippen molar-refractivity contribution in [1.82, 2.24) is 4.90 Å². The summed E-state index contributed by atoms with van der Waals surface area (Å²) >= 11 is 0. The van der Waals surface area contributed by atoms with Crippen molar-refractivity contribution in [2.24, 2.45) is 5.41 Å². The number of hydrogen-bond donors (Lipinski definition) is 1. The Labute approximate surface area is 87.3 Å². The molecule has 0 aromatic heterocycles. The Morgan fingerprint density at radius 3 is 2.29 bits per heavy atom. The van der Waals surface area contributed by atoms with E-state index in [0.717, 1.165) is 12.6 Å². The van der Waals surface area contributed by atoms with Crippen molar-refractivity contribution >= 4 is 0 Å². The van der Waals surface area contributed by atoms with Crippen molar-refractivity contribution in [3.8, 4) is 0 Å². The molecule has 0 radical (unpaired) electrons. The van der Waals surface area contributed by atoms with E-state index < -0.39 is 0 Å². The first-order valence-corrected chi connectivity index (χ1v) is 6.07. The van der Waals surface area contributed by atoms with Gasteiger partial charge in [0.1, 0.15) is 0 Å². The molecule has 82 valence electrons. The Bertz CT molecular complexity index is 183. The molecule has 0 saturated heterocycles. The summed E-state index contributed by atoms with van der Waals surface area (Å²) < 4.78 is 0. The molecule has 0 bridgehead atoms. The summed E-state index contributed by atoms with van der Waals surface area (Å²) in [7, 11) is 2.24. The number of aliphatic hydroxyl groups is 1. The highest BCUT2D eigenvalue weighted by Crippen LogP contribution is 2.39. The van der Waals surface area contributed by atoms with Gasteiger partial charge >= 0.3 is 0 Å². The average Bonchev–Trinajstić information content (AvgIpc) is 2.50. The molecular formula is C12H23NO. The van der Waals surface area contributed by atoms with E-state index in [1.54, 1.807) is 0 Å². The van der Waals surface area contributed by atoms with E-state index in [1.165, 1.54) is 44.9 Å². The van der Waals surface area contributed by atoms with Gasteiger partial charge in [0, 0.05) is 24.6 Å². The maximum atomic E-state index is 9.51. The summed E-state index contributed by atoms with van der Waals surface area (Å²) in [6.07, 6.45) is 9.26. The Kier molecular flexibility index (Phi) is 3.13. The zero-order chi connectivity index (χ0) is 10.0. The molecule has 0 aliphatic heterocycles. The quantitative estimate of drug-likeness (QED) is 0.745. The van der Waals surface area contributed by atoms with Crippen molar-refractivity contribution in [3.63, 3.8) is 0 Å². The van der Waals surface area contributed by atoms with Crippen LogP contribution in [0, 0.1) is 5.41 Å². The molecular weight excluding hydrogens is 174 g/mol. The molecule has 2 aliphatic carbocycles. The van der Waals surface area contributed by atoms with Gasteiger partial charge in [0.15, 0.2) is 0 Å². The Balaban J connectivity index is 1.86. The summed E-state index contributed by atoms with van der Waals surface area (Å²) in [5, 5.41) is 9.51. The highest BCUT2D eigenvalue weighted by Gasteiger charge is 2.36. The largest absolute Gasteiger partial charge is 0.396 e. The van der Waals surface area contributed by atoms with Gasteiger partial charge in [0.25, 0.3) is 0 Å². The smallest absolute Gasteiger partial charge is 0.0499 e. The predicted octanol–water partition coefficient (Wildman–Crippen LogP) is 2.02. The average molecular weight is 197 g/mol. The minimum Gasteiger partial charge on any atom is -0.396 e. The fourth-order valence-corrected chi connectivity index (χ4v) is 2.98. The summed E-state index contributed by atoms with van der Waals surface area (Å²) in [5.41, 5.74) is 0.254. The van der Waals surface area contributed by atoms with Crippen LogP contribution in [0.2, 0.25) is 0 Å². The van der Waals surface area contributed by atoms with Gasteiger partial charge in [-0.25, -0.2) is 0 Å². The molecule has 0 heterocycles. The van der Waals surface area contributed by atoms with Crippen LogP contribution in [0.5, 0.6) is 0 Å². The van der Waals surface area contributed by atoms with Crippen LogP contribution in [0.15, 0.2) is 0 Å². The van der Waals surface area contributed by atoms with Gasteiger partial charge in [-0.1, -0.05) is 19.3 Å². The topological polar surface area (TPSA) is 23.5 Å². The van der Waals surface area contributed by atoms with Gasteiger partial charge in [-0.15, -0.1) is 0 Å². The summed E-state index contributed by atoms with van der Waals surface area (Å²) in [6.45, 7) is 1.51. The van der Waals surface area contributed by atoms with E-state index in [0.29, 0.717) is 6.61 Å². The molecule has 2 saturated carbocycles. The van der Waals surface area contributed by atoms with Crippen molar-refractivity contribution in [2.75, 3.05) is 20.2 Å². The Morgan fingerprint density at radius 1 is 1.21 bits per heavy atom. The zero-order valence-corrected chi connectivity index (χ0v) is 9.34. The van der Waals surface area contributed by atoms with Gasteiger partial charge in [0.05, 0.1) is 0 Å². The monoisotopic (exact) mass is 197 g/mol. The van der Waals surface area contributed by atoms with Gasteiger partial charge in [-0.3, -0.25) is 0 Å². The first-order chi connectivity index (χ1) is 6.76. The SMILES string of the molecule is CN(CC1(CO)CCCC1)C1CCC1. The minimum absolute atomic E-state index is 0.254. The third-order valence-corrected chi connectivity index (χ3v) is 4.28. The fourth-order valence-electron chi connectivity index (χ4n) is 2.98. The zero-order valence-electron chi connectivity index (χ0n) is 9.34. The lowest BCUT2D eigenvalue weighted by Gasteiger charge is -2.40. The second-order valence-electron chi connectivity index (χ2n) is 5.37. The van der Waals surface area contributed by atoms with Gasteiger partial charge < -0.3 is 10.0 Å². The van der Waals surface area contributed by atoms with Crippen molar-refractivity contribution in [3.05, 3.63) is 0 Å². The van der Waals surface area contributed by atoms with Crippen LogP contribution >= 0.6 is 0 Å². The predicted molar refractivity (Wildman–Crippen MR) is 58.3 cm³/mol. The van der Waals surface area contributed by atoms with Crippen LogP contribution in [-0.4, -0.2) is 36.2 Å². The molecule has 2 rings (SSSR count). The number of hydrogen-bond acceptors (Lipinski definition) is 2. The van der Waals surface area contributed by atoms with Crippen LogP contribution in [0.1, 0.15) is 44.9 Å². The first-order valence-electron chi connectivity index (χ1n) is 6.07. The summed E-state index contributed by atoms with van der Waals surface area (Å²) in [6, 6.07) is 0.819. The van der Waals surface area contributed by atoms with Crippen molar-refractivity contribution in [1.29, 1.82) is 0 Å². The van der Waals surface area contributed by atoms with E-state index in [-0.39, 0.29) is 5.41 Å². The molecule has 2 nitrogen and oxygen atoms in total. The van der Waals surface area contributed by atoms with Crippen LogP contribution < -0.4 is 0 Å². The van der Waals surface area contributed by atoms with Crippen molar-refractivity contribution < 1.29 is 5.11 Å². The van der Waals surface area contributed by atoms with E-state index >= 15 is 0 Å². The van der Waals surface area contributed by atoms with E-state index in [2.05, 4.69) is 11.9 Å². The second-order valence-corrected chi connectivity index (χ2v) is 5.37. The van der Waals surface area contributed by atoms with E-state index in [1.807, 2.05) is 0 Å². The lowest BCUT2D eigenvalue weighted by Crippen LogP contribution is -2.44. The lowest BCUT2D eigenvalue weighted by molar-refractivity contribution is 0.0518. The number of nitrogens with zero attached hydrogens (tertiary/aromatic N) is 1. The summed E-state index contributed by atoms with van der Waals surface area (Å²) in [4.78, 5) is 2.49. The molecule has 2 fully saturated rings.